The maximum atomic E-state index is 11.1. The first kappa shape index (κ1) is 18.4. The van der Waals surface area contributed by atoms with Gasteiger partial charge < -0.3 is 9.80 Å². The molecular weight excluding hydrogens is 340 g/mol. The zero-order valence-corrected chi connectivity index (χ0v) is 15.4. The second kappa shape index (κ2) is 7.86. The van der Waals surface area contributed by atoms with Crippen LogP contribution >= 0.6 is 0 Å². The molecule has 3 rings (SSSR count). The van der Waals surface area contributed by atoms with Gasteiger partial charge >= 0.3 is 0 Å². The molecule has 27 heavy (non-hydrogen) atoms. The van der Waals surface area contributed by atoms with Gasteiger partial charge in [-0.1, -0.05) is 42.5 Å². The lowest BCUT2D eigenvalue weighted by Crippen LogP contribution is -2.44. The van der Waals surface area contributed by atoms with E-state index in [1.54, 1.807) is 17.0 Å². The molecular formula is C21H22N4O2. The van der Waals surface area contributed by atoms with Gasteiger partial charge in [0.15, 0.2) is 0 Å². The second-order valence-corrected chi connectivity index (χ2v) is 6.09. The minimum atomic E-state index is -0.413. The maximum Gasteiger partial charge on any atom is 0.271 e. The van der Waals surface area contributed by atoms with Crippen LogP contribution in [0.4, 0.5) is 17.1 Å². The average Bonchev–Trinajstić information content (AvgIpc) is 2.69. The Kier molecular flexibility index (Phi) is 5.35. The van der Waals surface area contributed by atoms with Gasteiger partial charge in [-0.2, -0.15) is 0 Å². The zero-order valence-electron chi connectivity index (χ0n) is 15.4. The van der Waals surface area contributed by atoms with E-state index in [4.69, 9.17) is 5.41 Å². The van der Waals surface area contributed by atoms with Crippen molar-refractivity contribution in [3.05, 3.63) is 76.8 Å². The summed E-state index contributed by atoms with van der Waals surface area (Å²) in [6.45, 7) is 5.07. The summed E-state index contributed by atoms with van der Waals surface area (Å²) in [5.74, 6) is 0.289. The van der Waals surface area contributed by atoms with E-state index in [1.165, 1.54) is 12.1 Å². The smallest absolute Gasteiger partial charge is 0.271 e. The van der Waals surface area contributed by atoms with Crippen molar-refractivity contribution in [2.75, 3.05) is 22.9 Å². The summed E-state index contributed by atoms with van der Waals surface area (Å²) >= 11 is 0. The number of non-ortho nitro benzene ring substituents is 1. The molecule has 0 aliphatic heterocycles. The van der Waals surface area contributed by atoms with Crippen LogP contribution in [0.15, 0.2) is 66.7 Å². The van der Waals surface area contributed by atoms with E-state index in [1.807, 2.05) is 49.1 Å². The third-order valence-electron chi connectivity index (χ3n) is 4.55. The molecule has 6 heteroatoms. The zero-order chi connectivity index (χ0) is 19.4. The van der Waals surface area contributed by atoms with E-state index in [9.17, 15) is 10.1 Å². The maximum absolute atomic E-state index is 11.1. The first-order chi connectivity index (χ1) is 13.1. The van der Waals surface area contributed by atoms with Crippen molar-refractivity contribution < 1.29 is 4.92 Å². The number of fused-ring (bicyclic) bond motifs is 1. The Bertz CT molecular complexity index is 981. The van der Waals surface area contributed by atoms with E-state index in [-0.39, 0.29) is 11.6 Å². The number of nitrogens with one attached hydrogen (secondary N) is 1. The fourth-order valence-corrected chi connectivity index (χ4v) is 3.25. The fourth-order valence-electron chi connectivity index (χ4n) is 3.25. The van der Waals surface area contributed by atoms with Crippen molar-refractivity contribution in [3.63, 3.8) is 0 Å². The van der Waals surface area contributed by atoms with Crippen molar-refractivity contribution >= 4 is 33.8 Å². The topological polar surface area (TPSA) is 73.5 Å². The van der Waals surface area contributed by atoms with E-state index in [0.717, 1.165) is 16.5 Å². The molecule has 0 unspecified atom stereocenters. The largest absolute Gasteiger partial charge is 0.312 e. The van der Waals surface area contributed by atoms with Crippen LogP contribution in [0.5, 0.6) is 0 Å². The Hall–Kier alpha value is -3.41. The number of rotatable bonds is 5. The van der Waals surface area contributed by atoms with Gasteiger partial charge in [-0.15, -0.1) is 0 Å². The fraction of sp³-hybridized carbons (Fsp3) is 0.190. The van der Waals surface area contributed by atoms with E-state index in [0.29, 0.717) is 18.8 Å². The molecule has 3 aromatic rings. The Balaban J connectivity index is 2.02. The summed E-state index contributed by atoms with van der Waals surface area (Å²) < 4.78 is 0. The van der Waals surface area contributed by atoms with Crippen LogP contribution in [0, 0.1) is 15.5 Å². The number of hydrogen-bond donors (Lipinski definition) is 1. The average molecular weight is 362 g/mol. The molecule has 0 atom stereocenters. The number of anilines is 2. The highest BCUT2D eigenvalue weighted by atomic mass is 16.6. The number of nitro groups is 1. The van der Waals surface area contributed by atoms with E-state index in [2.05, 4.69) is 12.1 Å². The highest BCUT2D eigenvalue weighted by Crippen LogP contribution is 2.29. The van der Waals surface area contributed by atoms with Crippen LogP contribution in [-0.4, -0.2) is 24.0 Å². The Labute approximate surface area is 158 Å². The molecule has 1 N–H and O–H groups in total. The molecule has 0 amide bonds. The van der Waals surface area contributed by atoms with Crippen molar-refractivity contribution in [1.82, 2.24) is 0 Å². The molecule has 0 aliphatic carbocycles. The monoisotopic (exact) mass is 362 g/mol. The van der Waals surface area contributed by atoms with Gasteiger partial charge in [0, 0.05) is 30.6 Å². The van der Waals surface area contributed by atoms with Crippen LogP contribution < -0.4 is 9.80 Å². The Morgan fingerprint density at radius 3 is 2.33 bits per heavy atom. The van der Waals surface area contributed by atoms with Gasteiger partial charge in [-0.3, -0.25) is 15.5 Å². The molecule has 0 saturated carbocycles. The summed E-state index contributed by atoms with van der Waals surface area (Å²) in [4.78, 5) is 14.4. The van der Waals surface area contributed by atoms with Crippen LogP contribution in [0.1, 0.15) is 13.8 Å². The summed E-state index contributed by atoms with van der Waals surface area (Å²) in [5, 5.41) is 22.1. The van der Waals surface area contributed by atoms with Crippen molar-refractivity contribution in [2.45, 2.75) is 13.8 Å². The summed E-state index contributed by atoms with van der Waals surface area (Å²) in [6, 6.07) is 20.5. The van der Waals surface area contributed by atoms with E-state index < -0.39 is 4.92 Å². The number of benzene rings is 3. The van der Waals surface area contributed by atoms with Gasteiger partial charge in [-0.05, 0) is 31.4 Å². The van der Waals surface area contributed by atoms with Crippen molar-refractivity contribution in [3.8, 4) is 0 Å². The first-order valence-electron chi connectivity index (χ1n) is 8.92. The summed E-state index contributed by atoms with van der Waals surface area (Å²) in [7, 11) is 0. The lowest BCUT2D eigenvalue weighted by Gasteiger charge is -2.33. The molecule has 0 fully saturated rings. The molecule has 0 saturated heterocycles. The minimum absolute atomic E-state index is 0.0203. The lowest BCUT2D eigenvalue weighted by atomic mass is 10.1. The van der Waals surface area contributed by atoms with Gasteiger partial charge in [0.05, 0.1) is 16.3 Å². The summed E-state index contributed by atoms with van der Waals surface area (Å²) in [5.41, 5.74) is 1.60. The molecule has 0 spiro atoms. The van der Waals surface area contributed by atoms with Crippen LogP contribution in [0.25, 0.3) is 10.8 Å². The number of nitrogens with zero attached hydrogens (tertiary/aromatic N) is 3. The molecule has 0 bridgehead atoms. The van der Waals surface area contributed by atoms with Gasteiger partial charge in [0.25, 0.3) is 5.69 Å². The minimum Gasteiger partial charge on any atom is -0.312 e. The van der Waals surface area contributed by atoms with Gasteiger partial charge in [0.1, 0.15) is 0 Å². The van der Waals surface area contributed by atoms with Gasteiger partial charge in [-0.25, -0.2) is 0 Å². The SMILES string of the molecule is CCN(C(=N)N(CC)c1cccc2ccccc12)c1cccc([N+](=O)[O-])c1. The molecule has 0 aromatic heterocycles. The first-order valence-corrected chi connectivity index (χ1v) is 8.92. The van der Waals surface area contributed by atoms with Gasteiger partial charge in [0.2, 0.25) is 5.96 Å². The highest BCUT2D eigenvalue weighted by Gasteiger charge is 2.20. The van der Waals surface area contributed by atoms with Crippen molar-refractivity contribution in [1.29, 1.82) is 5.41 Å². The van der Waals surface area contributed by atoms with Crippen LogP contribution in [-0.2, 0) is 0 Å². The third kappa shape index (κ3) is 3.60. The third-order valence-corrected chi connectivity index (χ3v) is 4.55. The molecule has 0 heterocycles. The number of hydrogen-bond acceptors (Lipinski definition) is 3. The number of guanidine groups is 1. The second-order valence-electron chi connectivity index (χ2n) is 6.09. The number of nitro benzene ring substituents is 1. The molecule has 0 aliphatic rings. The van der Waals surface area contributed by atoms with Crippen LogP contribution in [0.3, 0.4) is 0 Å². The molecule has 138 valence electrons. The standard InChI is InChI=1S/C21H22N4O2/c1-3-23(17-11-8-12-18(15-17)25(26)27)21(22)24(4-2)20-14-7-10-16-9-5-6-13-19(16)20/h5-15,22H,3-4H2,1-2H3. The summed E-state index contributed by atoms with van der Waals surface area (Å²) in [6.07, 6.45) is 0. The Morgan fingerprint density at radius 2 is 1.63 bits per heavy atom. The Morgan fingerprint density at radius 1 is 0.963 bits per heavy atom. The normalized spacial score (nSPS) is 10.6. The molecule has 0 radical (unpaired) electrons. The van der Waals surface area contributed by atoms with Crippen molar-refractivity contribution in [2.24, 2.45) is 0 Å². The predicted octanol–water partition coefficient (Wildman–Crippen LogP) is 5.04. The molecule has 3 aromatic carbocycles. The predicted molar refractivity (Wildman–Crippen MR) is 111 cm³/mol. The van der Waals surface area contributed by atoms with E-state index >= 15 is 0 Å². The molecule has 6 nitrogen and oxygen atoms in total. The highest BCUT2D eigenvalue weighted by molar-refractivity contribution is 6.10. The quantitative estimate of drug-likeness (QED) is 0.299. The lowest BCUT2D eigenvalue weighted by molar-refractivity contribution is -0.384. The van der Waals surface area contributed by atoms with Crippen LogP contribution in [0.2, 0.25) is 0 Å².